The summed E-state index contributed by atoms with van der Waals surface area (Å²) in [5.74, 6) is 0. The smallest absolute Gasteiger partial charge is 0.249 e. The first-order chi connectivity index (χ1) is 9.70. The van der Waals surface area contributed by atoms with E-state index < -0.39 is 0 Å². The van der Waals surface area contributed by atoms with Crippen LogP contribution in [0.15, 0.2) is 9.59 Å². The molecule has 21 heavy (non-hydrogen) atoms. The van der Waals surface area contributed by atoms with Crippen LogP contribution in [0.5, 0.6) is 0 Å². The number of likely N-dealkylation sites (N-methyl/N-ethyl adjacent to an activating group) is 2. The van der Waals surface area contributed by atoms with Gasteiger partial charge in [0.15, 0.2) is 0 Å². The van der Waals surface area contributed by atoms with Crippen LogP contribution in [0.4, 0.5) is 5.69 Å². The van der Waals surface area contributed by atoms with Crippen molar-refractivity contribution in [1.82, 2.24) is 4.90 Å². The molecule has 0 aliphatic rings. The average Bonchev–Trinajstić information content (AvgIpc) is 2.40. The highest BCUT2D eigenvalue weighted by molar-refractivity contribution is 5.60. The first-order valence-corrected chi connectivity index (χ1v) is 7.51. The van der Waals surface area contributed by atoms with Gasteiger partial charge < -0.3 is 14.5 Å². The third-order valence-corrected chi connectivity index (χ3v) is 3.75. The van der Waals surface area contributed by atoms with Crippen molar-refractivity contribution < 1.29 is 4.74 Å². The van der Waals surface area contributed by atoms with Gasteiger partial charge in [-0.1, -0.05) is 27.7 Å². The van der Waals surface area contributed by atoms with Crippen LogP contribution in [0, 0.1) is 0 Å². The Kier molecular flexibility index (Phi) is 6.10. The van der Waals surface area contributed by atoms with E-state index in [0.717, 1.165) is 13.1 Å². The van der Waals surface area contributed by atoms with Crippen molar-refractivity contribution in [2.45, 2.75) is 33.1 Å². The van der Waals surface area contributed by atoms with Gasteiger partial charge in [-0.3, -0.25) is 9.59 Å². The lowest BCUT2D eigenvalue weighted by molar-refractivity contribution is 0.118. The maximum atomic E-state index is 11.8. The summed E-state index contributed by atoms with van der Waals surface area (Å²) in [6.45, 7) is 11.7. The highest BCUT2D eigenvalue weighted by atomic mass is 16.5. The average molecular weight is 296 g/mol. The zero-order chi connectivity index (χ0) is 16.2. The van der Waals surface area contributed by atoms with E-state index in [-0.39, 0.29) is 16.3 Å². The van der Waals surface area contributed by atoms with Crippen LogP contribution in [0.1, 0.15) is 33.3 Å². The molecule has 0 bridgehead atoms. The summed E-state index contributed by atoms with van der Waals surface area (Å²) in [6, 6.07) is 0. The van der Waals surface area contributed by atoms with Gasteiger partial charge in [-0.2, -0.15) is 0 Å². The van der Waals surface area contributed by atoms with Gasteiger partial charge in [-0.15, -0.1) is 0 Å². The fourth-order valence-corrected chi connectivity index (χ4v) is 2.23. The van der Waals surface area contributed by atoms with Gasteiger partial charge in [0.1, 0.15) is 0 Å². The second-order valence-electron chi connectivity index (χ2n) is 6.56. The largest absolute Gasteiger partial charge is 0.378 e. The Bertz CT molecular complexity index is 524. The fourth-order valence-electron chi connectivity index (χ4n) is 2.23. The molecule has 0 atom stereocenters. The van der Waals surface area contributed by atoms with E-state index in [2.05, 4.69) is 18.9 Å². The summed E-state index contributed by atoms with van der Waals surface area (Å²) in [4.78, 5) is 27.5. The minimum absolute atomic E-state index is 0.292. The maximum absolute atomic E-state index is 11.8. The van der Waals surface area contributed by atoms with Gasteiger partial charge in [0.25, 0.3) is 0 Å². The molecule has 0 fully saturated rings. The van der Waals surface area contributed by atoms with Crippen molar-refractivity contribution in [3.05, 3.63) is 26.0 Å². The Morgan fingerprint density at radius 1 is 1.00 bits per heavy atom. The standard InChI is InChI=1S/C16H28N2O3/c1-7-17(5)8-10-21-11-9-18(6)13-12(16(2,3)4)14(19)15(13)20/h7-11H2,1-6H3. The normalized spacial score (nSPS) is 12.3. The van der Waals surface area contributed by atoms with E-state index in [4.69, 9.17) is 4.74 Å². The second-order valence-corrected chi connectivity index (χ2v) is 6.56. The lowest BCUT2D eigenvalue weighted by Gasteiger charge is -2.29. The molecule has 1 aromatic carbocycles. The van der Waals surface area contributed by atoms with Crippen LogP contribution in [0.3, 0.4) is 0 Å². The highest BCUT2D eigenvalue weighted by Crippen LogP contribution is 2.27. The van der Waals surface area contributed by atoms with Crippen LogP contribution < -0.4 is 15.8 Å². The molecule has 5 heteroatoms. The van der Waals surface area contributed by atoms with Crippen LogP contribution in [-0.4, -0.2) is 51.8 Å². The fraction of sp³-hybridized carbons (Fsp3) is 0.750. The van der Waals surface area contributed by atoms with Crippen molar-refractivity contribution in [2.75, 3.05) is 51.8 Å². The molecule has 5 nitrogen and oxygen atoms in total. The summed E-state index contributed by atoms with van der Waals surface area (Å²) >= 11 is 0. The molecule has 0 unspecified atom stereocenters. The lowest BCUT2D eigenvalue weighted by atomic mass is 9.82. The van der Waals surface area contributed by atoms with Gasteiger partial charge in [-0.25, -0.2) is 0 Å². The summed E-state index contributed by atoms with van der Waals surface area (Å²) in [5, 5.41) is 0. The molecular weight excluding hydrogens is 268 g/mol. The Morgan fingerprint density at radius 2 is 1.57 bits per heavy atom. The molecule has 0 heterocycles. The van der Waals surface area contributed by atoms with Gasteiger partial charge in [0.2, 0.25) is 10.9 Å². The second kappa shape index (κ2) is 7.18. The van der Waals surface area contributed by atoms with Crippen molar-refractivity contribution >= 4 is 5.69 Å². The van der Waals surface area contributed by atoms with E-state index in [0.29, 0.717) is 31.0 Å². The molecule has 0 N–H and O–H groups in total. The molecule has 120 valence electrons. The summed E-state index contributed by atoms with van der Waals surface area (Å²) in [7, 11) is 3.89. The van der Waals surface area contributed by atoms with Gasteiger partial charge in [-0.05, 0) is 19.0 Å². The predicted octanol–water partition coefficient (Wildman–Crippen LogP) is 0.985. The summed E-state index contributed by atoms with van der Waals surface area (Å²) < 4.78 is 5.58. The number of ether oxygens (including phenoxy) is 1. The van der Waals surface area contributed by atoms with Crippen LogP contribution in [0.25, 0.3) is 0 Å². The number of hydrogen-bond donors (Lipinski definition) is 0. The van der Waals surface area contributed by atoms with Crippen molar-refractivity contribution in [2.24, 2.45) is 0 Å². The molecule has 0 spiro atoms. The quantitative estimate of drug-likeness (QED) is 0.529. The zero-order valence-corrected chi connectivity index (χ0v) is 14.2. The van der Waals surface area contributed by atoms with E-state index in [1.807, 2.05) is 32.7 Å². The number of anilines is 1. The van der Waals surface area contributed by atoms with Crippen molar-refractivity contribution in [3.63, 3.8) is 0 Å². The lowest BCUT2D eigenvalue weighted by Crippen LogP contribution is -2.47. The number of hydrogen-bond acceptors (Lipinski definition) is 5. The molecule has 0 saturated carbocycles. The monoisotopic (exact) mass is 296 g/mol. The Labute approximate surface area is 127 Å². The molecule has 0 radical (unpaired) electrons. The van der Waals surface area contributed by atoms with Crippen LogP contribution >= 0.6 is 0 Å². The minimum Gasteiger partial charge on any atom is -0.378 e. The first-order valence-electron chi connectivity index (χ1n) is 7.51. The molecule has 0 aliphatic heterocycles. The van der Waals surface area contributed by atoms with Gasteiger partial charge >= 0.3 is 0 Å². The molecule has 0 saturated heterocycles. The molecule has 0 aromatic heterocycles. The van der Waals surface area contributed by atoms with E-state index >= 15 is 0 Å². The first kappa shape index (κ1) is 17.9. The molecule has 1 aromatic rings. The molecule has 0 amide bonds. The highest BCUT2D eigenvalue weighted by Gasteiger charge is 2.31. The SMILES string of the molecule is CCN(C)CCOCCN(C)c1c(C(C)(C)C)c(=O)c1=O. The van der Waals surface area contributed by atoms with Crippen LogP contribution in [-0.2, 0) is 10.2 Å². The van der Waals surface area contributed by atoms with E-state index in [1.54, 1.807) is 0 Å². The third kappa shape index (κ3) is 4.38. The Balaban J connectivity index is 2.51. The van der Waals surface area contributed by atoms with Crippen molar-refractivity contribution in [1.29, 1.82) is 0 Å². The third-order valence-electron chi connectivity index (χ3n) is 3.75. The predicted molar refractivity (Wildman–Crippen MR) is 87.3 cm³/mol. The van der Waals surface area contributed by atoms with E-state index in [9.17, 15) is 9.59 Å². The molecule has 0 aliphatic carbocycles. The summed E-state index contributed by atoms with van der Waals surface area (Å²) in [5.41, 5.74) is 0.199. The number of nitrogens with zero attached hydrogens (tertiary/aromatic N) is 2. The molecular formula is C16H28N2O3. The maximum Gasteiger partial charge on any atom is 0.249 e. The minimum atomic E-state index is -0.367. The van der Waals surface area contributed by atoms with E-state index in [1.165, 1.54) is 0 Å². The zero-order valence-electron chi connectivity index (χ0n) is 14.2. The number of rotatable bonds is 8. The molecule has 1 rings (SSSR count). The topological polar surface area (TPSA) is 49.9 Å². The summed E-state index contributed by atoms with van der Waals surface area (Å²) in [6.07, 6.45) is 0. The van der Waals surface area contributed by atoms with Gasteiger partial charge in [0.05, 0.1) is 18.9 Å². The van der Waals surface area contributed by atoms with Crippen LogP contribution in [0.2, 0.25) is 0 Å². The Morgan fingerprint density at radius 3 is 2.10 bits per heavy atom. The van der Waals surface area contributed by atoms with Crippen molar-refractivity contribution in [3.8, 4) is 0 Å². The van der Waals surface area contributed by atoms with Gasteiger partial charge in [0, 0.05) is 25.7 Å². The Hall–Kier alpha value is -1.20.